The molecule has 0 aliphatic carbocycles. The average molecular weight is 227 g/mol. The van der Waals surface area contributed by atoms with Crippen LogP contribution in [0.15, 0.2) is 23.4 Å². The van der Waals surface area contributed by atoms with Crippen molar-refractivity contribution in [2.24, 2.45) is 5.22 Å². The Morgan fingerprint density at radius 1 is 1.62 bits per heavy atom. The van der Waals surface area contributed by atoms with Gasteiger partial charge in [-0.2, -0.15) is 5.53 Å². The lowest BCUT2D eigenvalue weighted by atomic mass is 10.3. The summed E-state index contributed by atoms with van der Waals surface area (Å²) in [5.74, 6) is -0.313. The zero-order valence-electron chi connectivity index (χ0n) is 8.90. The van der Waals surface area contributed by atoms with E-state index in [1.54, 1.807) is 0 Å². The summed E-state index contributed by atoms with van der Waals surface area (Å²) in [6.07, 6.45) is 0. The topological polar surface area (TPSA) is 79.5 Å². The molecule has 16 heavy (non-hydrogen) atoms. The van der Waals surface area contributed by atoms with Crippen LogP contribution >= 0.6 is 0 Å². The van der Waals surface area contributed by atoms with Crippen LogP contribution in [0.4, 0.5) is 14.9 Å². The Balaban J connectivity index is 3.19. The van der Waals surface area contributed by atoms with Gasteiger partial charge in [-0.15, -0.1) is 0 Å². The number of ether oxygens (including phenoxy) is 1. The SMILES string of the molecule is CNC(=O)N(N=[NH2+])c1ccc(F)cc1OC. The number of hydrogen-bond acceptors (Lipinski definition) is 3. The third-order valence-corrected chi connectivity index (χ3v) is 1.89. The maximum absolute atomic E-state index is 12.9. The van der Waals surface area contributed by atoms with Gasteiger partial charge in [0.1, 0.15) is 5.82 Å². The molecule has 0 saturated carbocycles. The van der Waals surface area contributed by atoms with Gasteiger partial charge in [-0.25, -0.2) is 9.18 Å². The first kappa shape index (κ1) is 11.9. The molecule has 0 atom stereocenters. The molecule has 1 aromatic carbocycles. The van der Waals surface area contributed by atoms with E-state index in [1.165, 1.54) is 26.3 Å². The van der Waals surface area contributed by atoms with Gasteiger partial charge in [-0.05, 0) is 17.1 Å². The molecular formula is C9H12FN4O2+. The number of rotatable bonds is 3. The number of halogens is 1. The second kappa shape index (κ2) is 5.06. The monoisotopic (exact) mass is 227 g/mol. The number of nitrogens with one attached hydrogen (secondary N) is 1. The molecule has 1 aromatic rings. The molecule has 86 valence electrons. The van der Waals surface area contributed by atoms with Crippen LogP contribution in [0.5, 0.6) is 5.75 Å². The minimum atomic E-state index is -0.549. The van der Waals surface area contributed by atoms with Crippen LogP contribution < -0.4 is 20.6 Å². The molecule has 7 heteroatoms. The lowest BCUT2D eigenvalue weighted by Gasteiger charge is -2.10. The summed E-state index contributed by atoms with van der Waals surface area (Å²) in [5.41, 5.74) is 5.34. The van der Waals surface area contributed by atoms with Crippen LogP contribution in [0.2, 0.25) is 0 Å². The fourth-order valence-electron chi connectivity index (χ4n) is 1.16. The van der Waals surface area contributed by atoms with E-state index in [4.69, 9.17) is 10.3 Å². The third-order valence-electron chi connectivity index (χ3n) is 1.89. The van der Waals surface area contributed by atoms with E-state index in [-0.39, 0.29) is 11.4 Å². The number of carbonyl (C=O) groups is 1. The van der Waals surface area contributed by atoms with Crippen molar-refractivity contribution in [3.8, 4) is 5.75 Å². The van der Waals surface area contributed by atoms with Gasteiger partial charge in [0.2, 0.25) is 5.69 Å². The molecule has 0 heterocycles. The first-order chi connectivity index (χ1) is 7.63. The van der Waals surface area contributed by atoms with Crippen LogP contribution in [-0.2, 0) is 0 Å². The number of hydrogen-bond donors (Lipinski definition) is 2. The highest BCUT2D eigenvalue weighted by molar-refractivity contribution is 5.92. The highest BCUT2D eigenvalue weighted by Gasteiger charge is 2.25. The minimum Gasteiger partial charge on any atom is -0.492 e. The molecule has 0 aromatic heterocycles. The van der Waals surface area contributed by atoms with Crippen LogP contribution in [0.1, 0.15) is 0 Å². The molecular weight excluding hydrogens is 215 g/mol. The molecule has 1 rings (SSSR count). The number of methoxy groups -OCH3 is 1. The van der Waals surface area contributed by atoms with Crippen molar-refractivity contribution in [2.75, 3.05) is 19.2 Å². The summed E-state index contributed by atoms with van der Waals surface area (Å²) >= 11 is 0. The summed E-state index contributed by atoms with van der Waals surface area (Å²) < 4.78 is 17.8. The highest BCUT2D eigenvalue weighted by atomic mass is 19.1. The number of amides is 2. The normalized spacial score (nSPS) is 9.44. The van der Waals surface area contributed by atoms with Crippen LogP contribution in [0, 0.1) is 5.82 Å². The van der Waals surface area contributed by atoms with E-state index >= 15 is 0 Å². The van der Waals surface area contributed by atoms with Crippen molar-refractivity contribution in [1.82, 2.24) is 5.32 Å². The predicted octanol–water partition coefficient (Wildman–Crippen LogP) is 0.106. The number of nitrogens with zero attached hydrogens (tertiary/aromatic N) is 2. The average Bonchev–Trinajstić information content (AvgIpc) is 2.31. The highest BCUT2D eigenvalue weighted by Crippen LogP contribution is 2.28. The number of urea groups is 1. The van der Waals surface area contributed by atoms with Crippen molar-refractivity contribution in [1.29, 1.82) is 0 Å². The molecule has 3 N–H and O–H groups in total. The van der Waals surface area contributed by atoms with E-state index in [0.717, 1.165) is 11.1 Å². The van der Waals surface area contributed by atoms with E-state index in [2.05, 4.69) is 10.5 Å². The third kappa shape index (κ3) is 2.25. The summed E-state index contributed by atoms with van der Waals surface area (Å²) in [6, 6.07) is 3.11. The molecule has 0 saturated heterocycles. The van der Waals surface area contributed by atoms with E-state index < -0.39 is 11.8 Å². The standard InChI is InChI=1S/C9H11FN4O2/c1-12-9(15)14(13-11)7-4-3-6(10)5-8(7)16-2/h3-5,11H,1-2H3,(H,12,15)/p+1. The first-order valence-corrected chi connectivity index (χ1v) is 4.40. The molecule has 0 spiro atoms. The van der Waals surface area contributed by atoms with Gasteiger partial charge in [-0.3, -0.25) is 0 Å². The van der Waals surface area contributed by atoms with Gasteiger partial charge in [0, 0.05) is 13.1 Å². The summed E-state index contributed by atoms with van der Waals surface area (Å²) in [5, 5.41) is 6.50. The van der Waals surface area contributed by atoms with Gasteiger partial charge < -0.3 is 10.1 Å². The molecule has 6 nitrogen and oxygen atoms in total. The lowest BCUT2D eigenvalue weighted by Crippen LogP contribution is -2.41. The van der Waals surface area contributed by atoms with Crippen molar-refractivity contribution in [3.05, 3.63) is 24.0 Å². The van der Waals surface area contributed by atoms with Crippen LogP contribution in [-0.4, -0.2) is 20.2 Å². The molecule has 0 aliphatic rings. The maximum Gasteiger partial charge on any atom is 0.434 e. The Morgan fingerprint density at radius 3 is 2.81 bits per heavy atom. The van der Waals surface area contributed by atoms with Crippen molar-refractivity contribution < 1.29 is 19.5 Å². The van der Waals surface area contributed by atoms with Gasteiger partial charge in [0.15, 0.2) is 5.75 Å². The van der Waals surface area contributed by atoms with Gasteiger partial charge >= 0.3 is 6.03 Å². The Labute approximate surface area is 91.5 Å². The minimum absolute atomic E-state index is 0.165. The number of carbonyl (C=O) groups excluding carboxylic acids is 1. The molecule has 0 bridgehead atoms. The Morgan fingerprint density at radius 2 is 2.31 bits per heavy atom. The quantitative estimate of drug-likeness (QED) is 0.567. The van der Waals surface area contributed by atoms with Gasteiger partial charge in [-0.1, -0.05) is 0 Å². The largest absolute Gasteiger partial charge is 0.492 e. The van der Waals surface area contributed by atoms with Gasteiger partial charge in [0.25, 0.3) is 0 Å². The zero-order valence-corrected chi connectivity index (χ0v) is 8.90. The molecule has 0 radical (unpaired) electrons. The number of nitrogens with two attached hydrogens (primary N) is 1. The lowest BCUT2D eigenvalue weighted by molar-refractivity contribution is -0.222. The Hall–Kier alpha value is -2.18. The van der Waals surface area contributed by atoms with Crippen LogP contribution in [0.25, 0.3) is 0 Å². The number of benzene rings is 1. The first-order valence-electron chi connectivity index (χ1n) is 4.40. The Bertz CT molecular complexity index is 410. The zero-order chi connectivity index (χ0) is 12.1. The fourth-order valence-corrected chi connectivity index (χ4v) is 1.16. The summed E-state index contributed by atoms with van der Waals surface area (Å²) in [4.78, 5) is 11.4. The van der Waals surface area contributed by atoms with Crippen molar-refractivity contribution in [3.63, 3.8) is 0 Å². The fraction of sp³-hybridized carbons (Fsp3) is 0.222. The van der Waals surface area contributed by atoms with E-state index in [9.17, 15) is 9.18 Å². The number of anilines is 1. The van der Waals surface area contributed by atoms with Crippen molar-refractivity contribution >= 4 is 11.7 Å². The van der Waals surface area contributed by atoms with Crippen LogP contribution in [0.3, 0.4) is 0 Å². The second-order valence-electron chi connectivity index (χ2n) is 2.80. The summed E-state index contributed by atoms with van der Waals surface area (Å²) in [7, 11) is 2.79. The van der Waals surface area contributed by atoms with E-state index in [1.807, 2.05) is 0 Å². The molecule has 2 amide bonds. The van der Waals surface area contributed by atoms with Crippen molar-refractivity contribution in [2.45, 2.75) is 0 Å². The van der Waals surface area contributed by atoms with E-state index in [0.29, 0.717) is 0 Å². The molecule has 0 unspecified atom stereocenters. The summed E-state index contributed by atoms with van der Waals surface area (Å²) in [6.45, 7) is 0. The Kier molecular flexibility index (Phi) is 3.76. The predicted molar refractivity (Wildman–Crippen MR) is 54.2 cm³/mol. The maximum atomic E-state index is 12.9. The molecule has 0 fully saturated rings. The molecule has 0 aliphatic heterocycles. The van der Waals surface area contributed by atoms with Gasteiger partial charge in [0.05, 0.1) is 12.3 Å². The second-order valence-corrected chi connectivity index (χ2v) is 2.80. The smallest absolute Gasteiger partial charge is 0.434 e.